The summed E-state index contributed by atoms with van der Waals surface area (Å²) in [4.78, 5) is 15.6. The molecule has 0 amide bonds. The summed E-state index contributed by atoms with van der Waals surface area (Å²) in [6.07, 6.45) is 1.74. The third kappa shape index (κ3) is 2.20. The van der Waals surface area contributed by atoms with Crippen molar-refractivity contribution in [3.8, 4) is 0 Å². The van der Waals surface area contributed by atoms with Crippen molar-refractivity contribution in [2.45, 2.75) is 0 Å². The number of rotatable bonds is 2. The predicted molar refractivity (Wildman–Crippen MR) is 80.9 cm³/mol. The van der Waals surface area contributed by atoms with Gasteiger partial charge in [0, 0.05) is 32.7 Å². The largest absolute Gasteiger partial charge is 0.360 e. The minimum absolute atomic E-state index is 0.0353. The summed E-state index contributed by atoms with van der Waals surface area (Å²) >= 11 is 9.35. The van der Waals surface area contributed by atoms with E-state index < -0.39 is 0 Å². The molecule has 0 atom stereocenters. The molecule has 94 valence electrons. The summed E-state index contributed by atoms with van der Waals surface area (Å²) in [6, 6.07) is 12.9. The first-order chi connectivity index (χ1) is 9.16. The molecule has 1 aromatic heterocycles. The zero-order valence-electron chi connectivity index (χ0n) is 9.78. The molecular weight excluding hydrogens is 326 g/mol. The van der Waals surface area contributed by atoms with E-state index in [0.717, 1.165) is 15.4 Å². The molecule has 2 aromatic carbocycles. The van der Waals surface area contributed by atoms with Crippen LogP contribution in [-0.2, 0) is 0 Å². The quantitative estimate of drug-likeness (QED) is 0.670. The number of H-pyrrole nitrogens is 1. The normalized spacial score (nSPS) is 10.8. The van der Waals surface area contributed by atoms with E-state index in [0.29, 0.717) is 16.1 Å². The van der Waals surface area contributed by atoms with Crippen LogP contribution in [0.25, 0.3) is 10.9 Å². The number of halogens is 2. The summed E-state index contributed by atoms with van der Waals surface area (Å²) in [7, 11) is 0. The number of aromatic nitrogens is 1. The second-order valence-corrected chi connectivity index (χ2v) is 5.47. The first-order valence-corrected chi connectivity index (χ1v) is 6.90. The van der Waals surface area contributed by atoms with Crippen LogP contribution >= 0.6 is 27.5 Å². The molecule has 0 saturated carbocycles. The maximum absolute atomic E-state index is 12.5. The molecular formula is C15H9BrClNO. The van der Waals surface area contributed by atoms with Crippen molar-refractivity contribution < 1.29 is 4.79 Å². The Labute approximate surface area is 123 Å². The highest BCUT2D eigenvalue weighted by Gasteiger charge is 2.14. The number of para-hydroxylation sites is 1. The average molecular weight is 335 g/mol. The molecule has 19 heavy (non-hydrogen) atoms. The standard InChI is InChI=1S/C15H9BrClNO/c16-12-6-5-9(7-13(12)17)15(19)11-8-18-14-4-2-1-3-10(11)14/h1-8,18H. The number of ketones is 1. The number of carbonyl (C=O) groups excluding carboxylic acids is 1. The van der Waals surface area contributed by atoms with Gasteiger partial charge in [-0.15, -0.1) is 0 Å². The van der Waals surface area contributed by atoms with Crippen LogP contribution in [0.15, 0.2) is 53.1 Å². The van der Waals surface area contributed by atoms with Gasteiger partial charge >= 0.3 is 0 Å². The Bertz CT molecular complexity index is 779. The fourth-order valence-corrected chi connectivity index (χ4v) is 2.48. The van der Waals surface area contributed by atoms with Crippen LogP contribution in [0, 0.1) is 0 Å². The van der Waals surface area contributed by atoms with Crippen molar-refractivity contribution in [2.24, 2.45) is 0 Å². The molecule has 1 heterocycles. The molecule has 0 aliphatic carbocycles. The van der Waals surface area contributed by atoms with Crippen molar-refractivity contribution >= 4 is 44.2 Å². The molecule has 0 unspecified atom stereocenters. The van der Waals surface area contributed by atoms with Gasteiger partial charge in [-0.3, -0.25) is 4.79 Å². The third-order valence-electron chi connectivity index (χ3n) is 3.02. The van der Waals surface area contributed by atoms with Crippen LogP contribution in [0.1, 0.15) is 15.9 Å². The number of hydrogen-bond donors (Lipinski definition) is 1. The van der Waals surface area contributed by atoms with Crippen molar-refractivity contribution in [2.75, 3.05) is 0 Å². The van der Waals surface area contributed by atoms with Crippen LogP contribution in [0.3, 0.4) is 0 Å². The predicted octanol–water partition coefficient (Wildman–Crippen LogP) is 4.81. The van der Waals surface area contributed by atoms with Gasteiger partial charge in [0.05, 0.1) is 5.02 Å². The summed E-state index contributed by atoms with van der Waals surface area (Å²) in [5.41, 5.74) is 2.20. The molecule has 2 nitrogen and oxygen atoms in total. The second-order valence-electron chi connectivity index (χ2n) is 4.21. The average Bonchev–Trinajstić information content (AvgIpc) is 2.85. The van der Waals surface area contributed by atoms with E-state index in [9.17, 15) is 4.79 Å². The maximum atomic E-state index is 12.5. The number of nitrogens with one attached hydrogen (secondary N) is 1. The molecule has 4 heteroatoms. The maximum Gasteiger partial charge on any atom is 0.195 e. The Hall–Kier alpha value is -1.58. The summed E-state index contributed by atoms with van der Waals surface area (Å²) < 4.78 is 0.782. The van der Waals surface area contributed by atoms with E-state index in [-0.39, 0.29) is 5.78 Å². The minimum Gasteiger partial charge on any atom is -0.360 e. The van der Waals surface area contributed by atoms with Gasteiger partial charge in [0.15, 0.2) is 5.78 Å². The van der Waals surface area contributed by atoms with E-state index in [1.807, 2.05) is 24.3 Å². The zero-order chi connectivity index (χ0) is 13.4. The first kappa shape index (κ1) is 12.5. The lowest BCUT2D eigenvalue weighted by atomic mass is 10.0. The molecule has 0 spiro atoms. The number of aromatic amines is 1. The van der Waals surface area contributed by atoms with Gasteiger partial charge in [0.1, 0.15) is 0 Å². The van der Waals surface area contributed by atoms with Crippen LogP contribution in [0.4, 0.5) is 0 Å². The first-order valence-electron chi connectivity index (χ1n) is 5.72. The molecule has 0 bridgehead atoms. The fourth-order valence-electron chi connectivity index (χ4n) is 2.05. The van der Waals surface area contributed by atoms with Gasteiger partial charge in [-0.05, 0) is 40.2 Å². The van der Waals surface area contributed by atoms with Gasteiger partial charge in [-0.25, -0.2) is 0 Å². The Morgan fingerprint density at radius 2 is 1.95 bits per heavy atom. The Morgan fingerprint density at radius 3 is 2.74 bits per heavy atom. The molecule has 1 N–H and O–H groups in total. The Kier molecular flexibility index (Phi) is 3.17. The van der Waals surface area contributed by atoms with E-state index in [2.05, 4.69) is 20.9 Å². The lowest BCUT2D eigenvalue weighted by Crippen LogP contribution is -2.00. The molecule has 0 saturated heterocycles. The number of carbonyl (C=O) groups is 1. The van der Waals surface area contributed by atoms with Crippen LogP contribution in [-0.4, -0.2) is 10.8 Å². The van der Waals surface area contributed by atoms with E-state index in [1.165, 1.54) is 0 Å². The Morgan fingerprint density at radius 1 is 1.16 bits per heavy atom. The smallest absolute Gasteiger partial charge is 0.195 e. The second kappa shape index (κ2) is 4.83. The molecule has 3 rings (SSSR count). The number of fused-ring (bicyclic) bond motifs is 1. The molecule has 0 fully saturated rings. The van der Waals surface area contributed by atoms with Crippen LogP contribution < -0.4 is 0 Å². The van der Waals surface area contributed by atoms with Crippen molar-refractivity contribution in [3.05, 3.63) is 69.3 Å². The summed E-state index contributed by atoms with van der Waals surface area (Å²) in [6.45, 7) is 0. The Balaban J connectivity index is 2.11. The van der Waals surface area contributed by atoms with Gasteiger partial charge in [0.25, 0.3) is 0 Å². The van der Waals surface area contributed by atoms with Crippen molar-refractivity contribution in [3.63, 3.8) is 0 Å². The summed E-state index contributed by atoms with van der Waals surface area (Å²) in [5.74, 6) is -0.0353. The number of hydrogen-bond acceptors (Lipinski definition) is 1. The third-order valence-corrected chi connectivity index (χ3v) is 4.25. The van der Waals surface area contributed by atoms with Gasteiger partial charge in [-0.1, -0.05) is 29.8 Å². The monoisotopic (exact) mass is 333 g/mol. The van der Waals surface area contributed by atoms with E-state index in [4.69, 9.17) is 11.6 Å². The topological polar surface area (TPSA) is 32.9 Å². The van der Waals surface area contributed by atoms with Crippen LogP contribution in [0.2, 0.25) is 5.02 Å². The highest BCUT2D eigenvalue weighted by atomic mass is 79.9. The molecule has 0 aliphatic heterocycles. The zero-order valence-corrected chi connectivity index (χ0v) is 12.1. The van der Waals surface area contributed by atoms with Gasteiger partial charge in [0.2, 0.25) is 0 Å². The van der Waals surface area contributed by atoms with Gasteiger partial charge in [-0.2, -0.15) is 0 Å². The SMILES string of the molecule is O=C(c1ccc(Br)c(Cl)c1)c1c[nH]c2ccccc12. The van der Waals surface area contributed by atoms with Crippen molar-refractivity contribution in [1.82, 2.24) is 4.98 Å². The lowest BCUT2D eigenvalue weighted by molar-refractivity contribution is 0.104. The highest BCUT2D eigenvalue weighted by Crippen LogP contribution is 2.26. The highest BCUT2D eigenvalue weighted by molar-refractivity contribution is 9.10. The number of benzene rings is 2. The van der Waals surface area contributed by atoms with E-state index in [1.54, 1.807) is 24.4 Å². The lowest BCUT2D eigenvalue weighted by Gasteiger charge is -2.02. The van der Waals surface area contributed by atoms with Crippen LogP contribution in [0.5, 0.6) is 0 Å². The summed E-state index contributed by atoms with van der Waals surface area (Å²) in [5, 5.41) is 1.46. The van der Waals surface area contributed by atoms with Gasteiger partial charge < -0.3 is 4.98 Å². The fraction of sp³-hybridized carbons (Fsp3) is 0. The minimum atomic E-state index is -0.0353. The molecule has 0 aliphatic rings. The van der Waals surface area contributed by atoms with E-state index >= 15 is 0 Å². The molecule has 3 aromatic rings. The van der Waals surface area contributed by atoms with Crippen molar-refractivity contribution in [1.29, 1.82) is 0 Å². The molecule has 0 radical (unpaired) electrons.